The molecule has 0 unspecified atom stereocenters. The molecule has 23 heavy (non-hydrogen) atoms. The first-order chi connectivity index (χ1) is 10.8. The van der Waals surface area contributed by atoms with Gasteiger partial charge in [-0.15, -0.1) is 0 Å². The molecule has 0 aliphatic heterocycles. The number of sulfonamides is 1. The van der Waals surface area contributed by atoms with E-state index in [2.05, 4.69) is 5.32 Å². The van der Waals surface area contributed by atoms with Crippen LogP contribution in [0.5, 0.6) is 0 Å². The molecule has 1 aromatic carbocycles. The van der Waals surface area contributed by atoms with Gasteiger partial charge in [0, 0.05) is 7.05 Å². The minimum Gasteiger partial charge on any atom is -0.348 e. The van der Waals surface area contributed by atoms with Crippen LogP contribution in [0.3, 0.4) is 0 Å². The van der Waals surface area contributed by atoms with Gasteiger partial charge in [0.05, 0.1) is 18.8 Å². The molecule has 1 fully saturated rings. The van der Waals surface area contributed by atoms with Crippen LogP contribution >= 0.6 is 0 Å². The summed E-state index contributed by atoms with van der Waals surface area (Å²) in [5, 5.41) is 2.93. The van der Waals surface area contributed by atoms with E-state index < -0.39 is 10.0 Å². The number of carbonyl (C=O) groups excluding carboxylic acids is 1. The average Bonchev–Trinajstić information content (AvgIpc) is 2.98. The summed E-state index contributed by atoms with van der Waals surface area (Å²) in [5.74, 6) is -0.367. The summed E-state index contributed by atoms with van der Waals surface area (Å²) in [6.45, 7) is -0.219. The topological polar surface area (TPSA) is 66.5 Å². The van der Waals surface area contributed by atoms with Crippen molar-refractivity contribution in [2.75, 3.05) is 19.8 Å². The molecular formula is C16H23FN2O3S. The Bertz CT molecular complexity index is 640. The van der Waals surface area contributed by atoms with E-state index in [4.69, 9.17) is 0 Å². The van der Waals surface area contributed by atoms with E-state index in [9.17, 15) is 17.6 Å². The fourth-order valence-corrected chi connectivity index (χ4v) is 3.32. The summed E-state index contributed by atoms with van der Waals surface area (Å²) in [4.78, 5) is 12.2. The zero-order valence-corrected chi connectivity index (χ0v) is 14.3. The molecule has 1 amide bonds. The van der Waals surface area contributed by atoms with Crippen LogP contribution in [-0.4, -0.2) is 38.5 Å². The lowest BCUT2D eigenvalue weighted by atomic mass is 9.91. The van der Waals surface area contributed by atoms with E-state index in [1.54, 1.807) is 12.1 Å². The van der Waals surface area contributed by atoms with Crippen molar-refractivity contribution in [3.63, 3.8) is 0 Å². The summed E-state index contributed by atoms with van der Waals surface area (Å²) in [5.41, 5.74) is 0.855. The SMILES string of the molecule is CN(CC(=O)N[C@H](c1ccc(F)cc1)C1CCCC1)S(C)(=O)=O. The predicted molar refractivity (Wildman–Crippen MR) is 86.7 cm³/mol. The Morgan fingerprint density at radius 1 is 1.30 bits per heavy atom. The molecule has 0 aromatic heterocycles. The third kappa shape index (κ3) is 5.00. The van der Waals surface area contributed by atoms with Gasteiger partial charge in [-0.25, -0.2) is 12.8 Å². The third-order valence-electron chi connectivity index (χ3n) is 4.35. The second-order valence-electron chi connectivity index (χ2n) is 6.16. The monoisotopic (exact) mass is 342 g/mol. The standard InChI is InChI=1S/C16H23FN2O3S/c1-19(23(2,21)22)11-15(20)18-16(12-5-3-4-6-12)13-7-9-14(17)10-8-13/h7-10,12,16H,3-6,11H2,1-2H3,(H,18,20)/t16-/m0/s1. The summed E-state index contributed by atoms with van der Waals surface area (Å²) in [6, 6.07) is 5.91. The molecule has 5 nitrogen and oxygen atoms in total. The fraction of sp³-hybridized carbons (Fsp3) is 0.562. The van der Waals surface area contributed by atoms with E-state index in [1.165, 1.54) is 19.2 Å². The van der Waals surface area contributed by atoms with Crippen molar-refractivity contribution >= 4 is 15.9 Å². The quantitative estimate of drug-likeness (QED) is 0.860. The minimum absolute atomic E-state index is 0.210. The number of nitrogens with zero attached hydrogens (tertiary/aromatic N) is 1. The molecule has 0 saturated heterocycles. The zero-order valence-electron chi connectivity index (χ0n) is 13.5. The van der Waals surface area contributed by atoms with E-state index in [0.29, 0.717) is 5.92 Å². The molecular weight excluding hydrogens is 319 g/mol. The lowest BCUT2D eigenvalue weighted by Crippen LogP contribution is -2.41. The van der Waals surface area contributed by atoms with Crippen LogP contribution < -0.4 is 5.32 Å². The van der Waals surface area contributed by atoms with Gasteiger partial charge in [0.2, 0.25) is 15.9 Å². The third-order valence-corrected chi connectivity index (χ3v) is 5.61. The first-order valence-corrected chi connectivity index (χ1v) is 9.58. The molecule has 7 heteroatoms. The lowest BCUT2D eigenvalue weighted by Gasteiger charge is -2.26. The van der Waals surface area contributed by atoms with Crippen LogP contribution in [0.25, 0.3) is 0 Å². The van der Waals surface area contributed by atoms with Crippen molar-refractivity contribution in [2.24, 2.45) is 5.92 Å². The first kappa shape index (κ1) is 17.9. The first-order valence-electron chi connectivity index (χ1n) is 7.73. The summed E-state index contributed by atoms with van der Waals surface area (Å²) in [6.07, 6.45) is 5.30. The number of hydrogen-bond acceptors (Lipinski definition) is 3. The van der Waals surface area contributed by atoms with Gasteiger partial charge in [0.1, 0.15) is 5.82 Å². The number of benzene rings is 1. The van der Waals surface area contributed by atoms with Gasteiger partial charge in [-0.1, -0.05) is 25.0 Å². The summed E-state index contributed by atoms with van der Waals surface area (Å²) >= 11 is 0. The number of rotatable bonds is 6. The highest BCUT2D eigenvalue weighted by Gasteiger charge is 2.28. The Balaban J connectivity index is 2.11. The van der Waals surface area contributed by atoms with Crippen LogP contribution in [0.2, 0.25) is 0 Å². The summed E-state index contributed by atoms with van der Waals surface area (Å²) in [7, 11) is -2.03. The van der Waals surface area contributed by atoms with Crippen molar-refractivity contribution in [3.05, 3.63) is 35.6 Å². The Labute approximate surface area is 136 Å². The molecule has 2 rings (SSSR count). The van der Waals surface area contributed by atoms with Gasteiger partial charge in [0.15, 0.2) is 0 Å². The molecule has 1 saturated carbocycles. The van der Waals surface area contributed by atoms with Crippen LogP contribution in [-0.2, 0) is 14.8 Å². The van der Waals surface area contributed by atoms with E-state index >= 15 is 0 Å². The Morgan fingerprint density at radius 2 is 1.87 bits per heavy atom. The van der Waals surface area contributed by atoms with Gasteiger partial charge < -0.3 is 5.32 Å². The van der Waals surface area contributed by atoms with Crippen molar-refractivity contribution in [1.82, 2.24) is 9.62 Å². The van der Waals surface area contributed by atoms with Crippen LogP contribution in [0, 0.1) is 11.7 Å². The molecule has 0 radical (unpaired) electrons. The van der Waals surface area contributed by atoms with Crippen molar-refractivity contribution in [1.29, 1.82) is 0 Å². The fourth-order valence-electron chi connectivity index (χ4n) is 2.97. The predicted octanol–water partition coefficient (Wildman–Crippen LogP) is 2.06. The highest BCUT2D eigenvalue weighted by molar-refractivity contribution is 7.88. The molecule has 0 bridgehead atoms. The van der Waals surface area contributed by atoms with E-state index in [-0.39, 0.29) is 24.3 Å². The van der Waals surface area contributed by atoms with Gasteiger partial charge in [-0.05, 0) is 36.5 Å². The molecule has 1 aliphatic carbocycles. The number of nitrogens with one attached hydrogen (secondary N) is 1. The maximum atomic E-state index is 13.1. The van der Waals surface area contributed by atoms with Crippen LogP contribution in [0.4, 0.5) is 4.39 Å². The number of amides is 1. The van der Waals surface area contributed by atoms with Crippen LogP contribution in [0.15, 0.2) is 24.3 Å². The van der Waals surface area contributed by atoms with E-state index in [0.717, 1.165) is 41.8 Å². The molecule has 1 aromatic rings. The molecule has 1 atom stereocenters. The maximum Gasteiger partial charge on any atom is 0.235 e. The lowest BCUT2D eigenvalue weighted by molar-refractivity contribution is -0.122. The molecule has 0 spiro atoms. The van der Waals surface area contributed by atoms with Crippen LogP contribution in [0.1, 0.15) is 37.3 Å². The Kier molecular flexibility index (Phi) is 5.75. The minimum atomic E-state index is -3.40. The van der Waals surface area contributed by atoms with Gasteiger partial charge >= 0.3 is 0 Å². The van der Waals surface area contributed by atoms with Gasteiger partial charge in [-0.3, -0.25) is 4.79 Å². The van der Waals surface area contributed by atoms with Gasteiger partial charge in [0.25, 0.3) is 0 Å². The average molecular weight is 342 g/mol. The number of hydrogen-bond donors (Lipinski definition) is 1. The molecule has 1 N–H and O–H groups in total. The molecule has 1 aliphatic rings. The maximum absolute atomic E-state index is 13.1. The number of likely N-dealkylation sites (N-methyl/N-ethyl adjacent to an activating group) is 1. The zero-order chi connectivity index (χ0) is 17.0. The second kappa shape index (κ2) is 7.40. The van der Waals surface area contributed by atoms with Crippen molar-refractivity contribution in [2.45, 2.75) is 31.7 Å². The van der Waals surface area contributed by atoms with Crippen molar-refractivity contribution < 1.29 is 17.6 Å². The Hall–Kier alpha value is -1.47. The smallest absolute Gasteiger partial charge is 0.235 e. The number of halogens is 1. The second-order valence-corrected chi connectivity index (χ2v) is 8.25. The molecule has 128 valence electrons. The highest BCUT2D eigenvalue weighted by atomic mass is 32.2. The van der Waals surface area contributed by atoms with E-state index in [1.807, 2.05) is 0 Å². The largest absolute Gasteiger partial charge is 0.348 e. The number of carbonyl (C=O) groups is 1. The Morgan fingerprint density at radius 3 is 2.39 bits per heavy atom. The van der Waals surface area contributed by atoms with Gasteiger partial charge in [-0.2, -0.15) is 4.31 Å². The highest BCUT2D eigenvalue weighted by Crippen LogP contribution is 2.35. The van der Waals surface area contributed by atoms with Crippen molar-refractivity contribution in [3.8, 4) is 0 Å². The molecule has 0 heterocycles. The summed E-state index contributed by atoms with van der Waals surface area (Å²) < 4.78 is 37.0. The normalized spacial score (nSPS) is 17.4.